The fraction of sp³-hybridized carbons (Fsp3) is 0.500. The van der Waals surface area contributed by atoms with Crippen molar-refractivity contribution in [3.8, 4) is 11.5 Å². The first-order valence-electron chi connectivity index (χ1n) is 6.08. The predicted octanol–water partition coefficient (Wildman–Crippen LogP) is 2.26. The summed E-state index contributed by atoms with van der Waals surface area (Å²) in [6, 6.07) is 5.33. The zero-order valence-electron chi connectivity index (χ0n) is 11.2. The molecule has 100 valence electrons. The molecule has 0 saturated carbocycles. The summed E-state index contributed by atoms with van der Waals surface area (Å²) in [5.41, 5.74) is 6.07. The van der Waals surface area contributed by atoms with Crippen LogP contribution in [0.4, 0.5) is 0 Å². The average Bonchev–Trinajstić information content (AvgIpc) is 2.43. The van der Waals surface area contributed by atoms with Crippen molar-refractivity contribution >= 4 is 5.78 Å². The van der Waals surface area contributed by atoms with E-state index in [0.717, 1.165) is 6.42 Å². The van der Waals surface area contributed by atoms with E-state index in [-0.39, 0.29) is 5.78 Å². The Hall–Kier alpha value is -1.55. The molecule has 0 aliphatic heterocycles. The van der Waals surface area contributed by atoms with Gasteiger partial charge in [-0.3, -0.25) is 4.79 Å². The summed E-state index contributed by atoms with van der Waals surface area (Å²) in [5.74, 6) is 1.48. The number of ketones is 1. The molecule has 4 heteroatoms. The van der Waals surface area contributed by atoms with E-state index in [1.54, 1.807) is 32.4 Å². The second-order valence-corrected chi connectivity index (χ2v) is 4.34. The maximum absolute atomic E-state index is 12.2. The minimum Gasteiger partial charge on any atom is -0.496 e. The van der Waals surface area contributed by atoms with Gasteiger partial charge in [0.2, 0.25) is 0 Å². The largest absolute Gasteiger partial charge is 0.496 e. The number of benzene rings is 1. The molecule has 1 aromatic carbocycles. The van der Waals surface area contributed by atoms with Crippen LogP contribution in [-0.4, -0.2) is 26.5 Å². The number of hydrogen-bond acceptors (Lipinski definition) is 4. The van der Waals surface area contributed by atoms with Crippen molar-refractivity contribution in [1.82, 2.24) is 0 Å². The number of methoxy groups -OCH3 is 2. The standard InChI is InChI=1S/C14H21NO3/c1-10(9-15)7-8-11(16)14-12(17-2)5-4-6-13(14)18-3/h4-6,10H,7-9,15H2,1-3H3. The molecule has 0 aliphatic rings. The van der Waals surface area contributed by atoms with E-state index in [0.29, 0.717) is 35.9 Å². The highest BCUT2D eigenvalue weighted by molar-refractivity contribution is 6.01. The fourth-order valence-electron chi connectivity index (χ4n) is 1.75. The molecule has 0 bridgehead atoms. The molecule has 0 saturated heterocycles. The zero-order chi connectivity index (χ0) is 13.5. The maximum atomic E-state index is 12.2. The highest BCUT2D eigenvalue weighted by Gasteiger charge is 2.18. The van der Waals surface area contributed by atoms with Crippen molar-refractivity contribution < 1.29 is 14.3 Å². The Morgan fingerprint density at radius 3 is 2.28 bits per heavy atom. The van der Waals surface area contributed by atoms with Gasteiger partial charge in [0.25, 0.3) is 0 Å². The maximum Gasteiger partial charge on any atom is 0.170 e. The molecule has 2 N–H and O–H groups in total. The lowest BCUT2D eigenvalue weighted by Crippen LogP contribution is -2.13. The molecule has 0 aliphatic carbocycles. The van der Waals surface area contributed by atoms with Crippen LogP contribution in [0.1, 0.15) is 30.1 Å². The normalized spacial score (nSPS) is 12.0. The molecule has 1 unspecified atom stereocenters. The van der Waals surface area contributed by atoms with Crippen LogP contribution < -0.4 is 15.2 Å². The van der Waals surface area contributed by atoms with Gasteiger partial charge in [-0.1, -0.05) is 13.0 Å². The SMILES string of the molecule is COc1cccc(OC)c1C(=O)CCC(C)CN. The highest BCUT2D eigenvalue weighted by atomic mass is 16.5. The number of carbonyl (C=O) groups excluding carboxylic acids is 1. The molecule has 0 heterocycles. The van der Waals surface area contributed by atoms with E-state index in [4.69, 9.17) is 15.2 Å². The highest BCUT2D eigenvalue weighted by Crippen LogP contribution is 2.30. The molecular formula is C14H21NO3. The fourth-order valence-corrected chi connectivity index (χ4v) is 1.75. The van der Waals surface area contributed by atoms with Crippen molar-refractivity contribution in [2.75, 3.05) is 20.8 Å². The zero-order valence-corrected chi connectivity index (χ0v) is 11.2. The van der Waals surface area contributed by atoms with E-state index >= 15 is 0 Å². The van der Waals surface area contributed by atoms with E-state index in [9.17, 15) is 4.79 Å². The average molecular weight is 251 g/mol. The van der Waals surface area contributed by atoms with Gasteiger partial charge in [0.15, 0.2) is 5.78 Å². The van der Waals surface area contributed by atoms with Crippen molar-refractivity contribution in [3.05, 3.63) is 23.8 Å². The molecule has 1 aromatic rings. The first-order chi connectivity index (χ1) is 8.63. The van der Waals surface area contributed by atoms with Crippen molar-refractivity contribution in [2.24, 2.45) is 11.7 Å². The van der Waals surface area contributed by atoms with Gasteiger partial charge >= 0.3 is 0 Å². The quantitative estimate of drug-likeness (QED) is 0.755. The van der Waals surface area contributed by atoms with Crippen molar-refractivity contribution in [3.63, 3.8) is 0 Å². The molecule has 0 radical (unpaired) electrons. The predicted molar refractivity (Wildman–Crippen MR) is 71.3 cm³/mol. The Balaban J connectivity index is 2.89. The second-order valence-electron chi connectivity index (χ2n) is 4.34. The number of carbonyl (C=O) groups is 1. The third-order valence-corrected chi connectivity index (χ3v) is 2.97. The van der Waals surface area contributed by atoms with E-state index in [1.807, 2.05) is 6.92 Å². The van der Waals surface area contributed by atoms with E-state index in [2.05, 4.69) is 0 Å². The summed E-state index contributed by atoms with van der Waals surface area (Å²) in [6.45, 7) is 2.63. The smallest absolute Gasteiger partial charge is 0.170 e. The molecule has 1 rings (SSSR count). The molecule has 0 fully saturated rings. The number of ether oxygens (including phenoxy) is 2. The lowest BCUT2D eigenvalue weighted by molar-refractivity contribution is 0.0969. The Bertz CT molecular complexity index is 382. The Morgan fingerprint density at radius 1 is 1.28 bits per heavy atom. The Kier molecular flexibility index (Phi) is 5.65. The van der Waals surface area contributed by atoms with Crippen molar-refractivity contribution in [2.45, 2.75) is 19.8 Å². The Labute approximate surface area is 108 Å². The van der Waals surface area contributed by atoms with Crippen LogP contribution in [0.2, 0.25) is 0 Å². The third-order valence-electron chi connectivity index (χ3n) is 2.97. The van der Waals surface area contributed by atoms with Crippen LogP contribution >= 0.6 is 0 Å². The second kappa shape index (κ2) is 7.01. The van der Waals surface area contributed by atoms with Gasteiger partial charge in [-0.05, 0) is 31.0 Å². The van der Waals surface area contributed by atoms with Gasteiger partial charge in [0.1, 0.15) is 17.1 Å². The topological polar surface area (TPSA) is 61.5 Å². The van der Waals surface area contributed by atoms with Crippen LogP contribution in [0.3, 0.4) is 0 Å². The minimum atomic E-state index is 0.0320. The molecule has 0 amide bonds. The van der Waals surface area contributed by atoms with Crippen LogP contribution in [0, 0.1) is 5.92 Å². The van der Waals surface area contributed by atoms with E-state index in [1.165, 1.54) is 0 Å². The number of nitrogens with two attached hydrogens (primary N) is 1. The Morgan fingerprint density at radius 2 is 1.83 bits per heavy atom. The monoisotopic (exact) mass is 251 g/mol. The van der Waals surface area contributed by atoms with Gasteiger partial charge in [0, 0.05) is 6.42 Å². The summed E-state index contributed by atoms with van der Waals surface area (Å²) in [4.78, 5) is 12.2. The van der Waals surface area contributed by atoms with Gasteiger partial charge in [-0.25, -0.2) is 0 Å². The summed E-state index contributed by atoms with van der Waals surface area (Å²) in [7, 11) is 3.10. The molecular weight excluding hydrogens is 230 g/mol. The van der Waals surface area contributed by atoms with Crippen LogP contribution in [0.5, 0.6) is 11.5 Å². The first kappa shape index (κ1) is 14.5. The van der Waals surface area contributed by atoms with Crippen LogP contribution in [0.25, 0.3) is 0 Å². The van der Waals surface area contributed by atoms with Gasteiger partial charge < -0.3 is 15.2 Å². The lowest BCUT2D eigenvalue weighted by Gasteiger charge is -2.13. The lowest BCUT2D eigenvalue weighted by atomic mass is 9.99. The van der Waals surface area contributed by atoms with Crippen LogP contribution in [0.15, 0.2) is 18.2 Å². The molecule has 4 nitrogen and oxygen atoms in total. The van der Waals surface area contributed by atoms with Gasteiger partial charge in [-0.2, -0.15) is 0 Å². The molecule has 18 heavy (non-hydrogen) atoms. The molecule has 1 atom stereocenters. The number of hydrogen-bond donors (Lipinski definition) is 1. The first-order valence-corrected chi connectivity index (χ1v) is 6.08. The number of rotatable bonds is 7. The summed E-state index contributed by atoms with van der Waals surface area (Å²) < 4.78 is 10.4. The van der Waals surface area contributed by atoms with E-state index < -0.39 is 0 Å². The number of Topliss-reactive ketones (excluding diaryl/α,β-unsaturated/α-hetero) is 1. The minimum absolute atomic E-state index is 0.0320. The van der Waals surface area contributed by atoms with Crippen LogP contribution in [-0.2, 0) is 0 Å². The third kappa shape index (κ3) is 3.47. The molecule has 0 aromatic heterocycles. The van der Waals surface area contributed by atoms with Gasteiger partial charge in [-0.15, -0.1) is 0 Å². The van der Waals surface area contributed by atoms with Gasteiger partial charge in [0.05, 0.1) is 14.2 Å². The summed E-state index contributed by atoms with van der Waals surface area (Å²) in [5, 5.41) is 0. The summed E-state index contributed by atoms with van der Waals surface area (Å²) in [6.07, 6.45) is 1.23. The summed E-state index contributed by atoms with van der Waals surface area (Å²) >= 11 is 0. The molecule has 0 spiro atoms. The van der Waals surface area contributed by atoms with Crippen molar-refractivity contribution in [1.29, 1.82) is 0 Å².